The molecule has 4 rings (SSSR count). The number of aromatic nitrogens is 3. The van der Waals surface area contributed by atoms with Gasteiger partial charge in [-0.2, -0.15) is 5.26 Å². The number of ketones is 1. The molecule has 22 heavy (non-hydrogen) atoms. The molecule has 0 aliphatic carbocycles. The van der Waals surface area contributed by atoms with Gasteiger partial charge in [-0.25, -0.2) is 4.98 Å². The molecule has 0 fully saturated rings. The number of hydrogen-bond donors (Lipinski definition) is 0. The van der Waals surface area contributed by atoms with Crippen molar-refractivity contribution in [3.05, 3.63) is 52.6 Å². The molecule has 0 aromatic carbocycles. The Balaban J connectivity index is 1.78. The summed E-state index contributed by atoms with van der Waals surface area (Å²) in [6.45, 7) is 0. The van der Waals surface area contributed by atoms with Crippen LogP contribution >= 0.6 is 22.7 Å². The third kappa shape index (κ3) is 1.93. The minimum atomic E-state index is -0.882. The van der Waals surface area contributed by atoms with E-state index in [1.807, 2.05) is 22.0 Å². The van der Waals surface area contributed by atoms with E-state index < -0.39 is 5.92 Å². The number of imidazole rings is 1. The van der Waals surface area contributed by atoms with Crippen LogP contribution in [-0.4, -0.2) is 20.2 Å². The van der Waals surface area contributed by atoms with Crippen LogP contribution in [0.5, 0.6) is 0 Å². The topological polar surface area (TPSA) is 71.0 Å². The second-order valence-corrected chi connectivity index (χ2v) is 6.55. The van der Waals surface area contributed by atoms with Crippen LogP contribution in [0.3, 0.4) is 0 Å². The van der Waals surface area contributed by atoms with Crippen molar-refractivity contribution in [3.63, 3.8) is 0 Å². The molecule has 0 saturated heterocycles. The Kier molecular flexibility index (Phi) is 2.99. The van der Waals surface area contributed by atoms with Crippen LogP contribution in [0.1, 0.15) is 21.3 Å². The standard InChI is InChI=1S/C15H8N4OS2/c16-8-9(10-3-1-2-4-17-10)13(20)12-7-11-14(22-12)18-15-19(11)5-6-21-15/h1-7,9H/t9-/m0/s1. The average Bonchev–Trinajstić information content (AvgIpc) is 3.20. The van der Waals surface area contributed by atoms with E-state index in [0.29, 0.717) is 10.6 Å². The van der Waals surface area contributed by atoms with Crippen molar-refractivity contribution < 1.29 is 4.79 Å². The summed E-state index contributed by atoms with van der Waals surface area (Å²) >= 11 is 2.87. The van der Waals surface area contributed by atoms with E-state index in [1.165, 1.54) is 11.3 Å². The maximum Gasteiger partial charge on any atom is 0.196 e. The van der Waals surface area contributed by atoms with Crippen LogP contribution in [0.2, 0.25) is 0 Å². The van der Waals surface area contributed by atoms with Gasteiger partial charge in [0, 0.05) is 17.8 Å². The Morgan fingerprint density at radius 1 is 1.41 bits per heavy atom. The molecular weight excluding hydrogens is 316 g/mol. The quantitative estimate of drug-likeness (QED) is 0.541. The molecule has 0 amide bonds. The summed E-state index contributed by atoms with van der Waals surface area (Å²) in [5.74, 6) is -1.11. The summed E-state index contributed by atoms with van der Waals surface area (Å²) < 4.78 is 1.95. The first kappa shape index (κ1) is 13.1. The highest BCUT2D eigenvalue weighted by atomic mass is 32.1. The van der Waals surface area contributed by atoms with E-state index >= 15 is 0 Å². The van der Waals surface area contributed by atoms with Gasteiger partial charge < -0.3 is 0 Å². The normalized spacial score (nSPS) is 12.5. The molecule has 0 saturated carbocycles. The fourth-order valence-corrected chi connectivity index (χ4v) is 4.09. The predicted octanol–water partition coefficient (Wildman–Crippen LogP) is 3.50. The van der Waals surface area contributed by atoms with Crippen molar-refractivity contribution in [3.8, 4) is 6.07 Å². The van der Waals surface area contributed by atoms with Gasteiger partial charge in [-0.15, -0.1) is 22.7 Å². The van der Waals surface area contributed by atoms with E-state index in [2.05, 4.69) is 16.0 Å². The number of nitrogens with zero attached hydrogens (tertiary/aromatic N) is 4. The lowest BCUT2D eigenvalue weighted by molar-refractivity contribution is 0.0981. The summed E-state index contributed by atoms with van der Waals surface area (Å²) in [5, 5.41) is 11.3. The Morgan fingerprint density at radius 2 is 2.32 bits per heavy atom. The predicted molar refractivity (Wildman–Crippen MR) is 85.4 cm³/mol. The van der Waals surface area contributed by atoms with E-state index in [0.717, 1.165) is 15.3 Å². The molecular formula is C15H8N4OS2. The maximum atomic E-state index is 12.6. The first-order chi connectivity index (χ1) is 10.8. The number of hydrogen-bond acceptors (Lipinski definition) is 6. The molecule has 4 heterocycles. The van der Waals surface area contributed by atoms with Gasteiger partial charge in [0.1, 0.15) is 4.83 Å². The van der Waals surface area contributed by atoms with E-state index in [-0.39, 0.29) is 5.78 Å². The highest BCUT2D eigenvalue weighted by molar-refractivity contribution is 7.21. The molecule has 0 radical (unpaired) electrons. The van der Waals surface area contributed by atoms with Crippen molar-refractivity contribution in [2.24, 2.45) is 0 Å². The summed E-state index contributed by atoms with van der Waals surface area (Å²) in [4.78, 5) is 23.5. The van der Waals surface area contributed by atoms with Gasteiger partial charge in [-0.3, -0.25) is 14.2 Å². The molecule has 0 aliphatic heterocycles. The maximum absolute atomic E-state index is 12.6. The smallest absolute Gasteiger partial charge is 0.196 e. The van der Waals surface area contributed by atoms with Gasteiger partial charge in [0.25, 0.3) is 0 Å². The van der Waals surface area contributed by atoms with Crippen LogP contribution in [0.15, 0.2) is 42.0 Å². The number of nitriles is 1. The van der Waals surface area contributed by atoms with E-state index in [1.54, 1.807) is 35.7 Å². The third-order valence-electron chi connectivity index (χ3n) is 3.36. The minimum absolute atomic E-state index is 0.229. The second kappa shape index (κ2) is 5.02. The van der Waals surface area contributed by atoms with Crippen molar-refractivity contribution >= 4 is 43.8 Å². The van der Waals surface area contributed by atoms with Crippen molar-refractivity contribution in [2.75, 3.05) is 0 Å². The molecule has 0 aliphatic rings. The monoisotopic (exact) mass is 324 g/mol. The van der Waals surface area contributed by atoms with Crippen molar-refractivity contribution in [1.29, 1.82) is 5.26 Å². The van der Waals surface area contributed by atoms with Gasteiger partial charge in [0.05, 0.1) is 22.2 Å². The molecule has 1 atom stereocenters. The number of thiazole rings is 1. The number of Topliss-reactive ketones (excluding diaryl/α,β-unsaturated/α-hetero) is 1. The fourth-order valence-electron chi connectivity index (χ4n) is 2.32. The lowest BCUT2D eigenvalue weighted by atomic mass is 10.00. The Morgan fingerprint density at radius 3 is 3.09 bits per heavy atom. The minimum Gasteiger partial charge on any atom is -0.291 e. The molecule has 0 bridgehead atoms. The third-order valence-corrected chi connectivity index (χ3v) is 5.15. The SMILES string of the molecule is N#C[C@H](C(=O)c1cc2c(nc3sccn32)s1)c1ccccn1. The number of carbonyl (C=O) groups is 1. The summed E-state index contributed by atoms with van der Waals surface area (Å²) in [6, 6.07) is 9.09. The molecule has 4 aromatic rings. The van der Waals surface area contributed by atoms with Crippen molar-refractivity contribution in [1.82, 2.24) is 14.4 Å². The van der Waals surface area contributed by atoms with Gasteiger partial charge in [0.15, 0.2) is 16.7 Å². The average molecular weight is 324 g/mol. The summed E-state index contributed by atoms with van der Waals surface area (Å²) in [6.07, 6.45) is 3.51. The van der Waals surface area contributed by atoms with Gasteiger partial charge in [-0.05, 0) is 18.2 Å². The van der Waals surface area contributed by atoms with Gasteiger partial charge in [-0.1, -0.05) is 6.07 Å². The van der Waals surface area contributed by atoms with Crippen LogP contribution in [0, 0.1) is 11.3 Å². The zero-order chi connectivity index (χ0) is 15.1. The highest BCUT2D eigenvalue weighted by Crippen LogP contribution is 2.31. The molecule has 106 valence electrons. The molecule has 7 heteroatoms. The lowest BCUT2D eigenvalue weighted by Crippen LogP contribution is -2.11. The first-order valence-electron chi connectivity index (χ1n) is 6.48. The van der Waals surface area contributed by atoms with Gasteiger partial charge in [0.2, 0.25) is 0 Å². The zero-order valence-corrected chi connectivity index (χ0v) is 12.8. The van der Waals surface area contributed by atoms with Crippen LogP contribution in [0.4, 0.5) is 0 Å². The Hall–Kier alpha value is -2.56. The Labute approximate surface area is 133 Å². The van der Waals surface area contributed by atoms with Crippen LogP contribution in [0.25, 0.3) is 15.3 Å². The molecule has 4 aromatic heterocycles. The van der Waals surface area contributed by atoms with E-state index in [9.17, 15) is 10.1 Å². The molecule has 5 nitrogen and oxygen atoms in total. The largest absolute Gasteiger partial charge is 0.291 e. The zero-order valence-electron chi connectivity index (χ0n) is 11.1. The summed E-state index contributed by atoms with van der Waals surface area (Å²) in [7, 11) is 0. The molecule has 0 N–H and O–H groups in total. The number of pyridine rings is 1. The number of fused-ring (bicyclic) bond motifs is 3. The summed E-state index contributed by atoms with van der Waals surface area (Å²) in [5.41, 5.74) is 1.38. The highest BCUT2D eigenvalue weighted by Gasteiger charge is 2.25. The van der Waals surface area contributed by atoms with E-state index in [4.69, 9.17) is 0 Å². The lowest BCUT2D eigenvalue weighted by Gasteiger charge is -2.05. The van der Waals surface area contributed by atoms with Crippen molar-refractivity contribution in [2.45, 2.75) is 5.92 Å². The molecule has 0 spiro atoms. The van der Waals surface area contributed by atoms with Crippen LogP contribution in [-0.2, 0) is 0 Å². The number of carbonyl (C=O) groups excluding carboxylic acids is 1. The van der Waals surface area contributed by atoms with Crippen LogP contribution < -0.4 is 0 Å². The number of rotatable bonds is 3. The number of thiophene rings is 1. The second-order valence-electron chi connectivity index (χ2n) is 4.65. The molecule has 0 unspecified atom stereocenters. The first-order valence-corrected chi connectivity index (χ1v) is 8.17. The van der Waals surface area contributed by atoms with Gasteiger partial charge >= 0.3 is 0 Å². The fraction of sp³-hybridized carbons (Fsp3) is 0.0667. The Bertz CT molecular complexity index is 1020.